The first-order chi connectivity index (χ1) is 22.3. The maximum atomic E-state index is 14.4. The van der Waals surface area contributed by atoms with Crippen LogP contribution in [0.1, 0.15) is 87.3 Å². The molecule has 2 aromatic heterocycles. The standard InChI is InChI=1S/C36H42N6O4S.H2/c1-23-9-6-10-24(2)33(23)31-18-26-15-16-27(19-36(3,4)5)42(22-32-37-20-29(21-38-32)46-28-12-8-13-28)34(43)25-11-7-14-30(17-25)47(44,45)41-35(39-26)40-31;/h6-7,9-11,14,17-18,20-21,27-28H,8,12-13,15-16,19,22H2,1-5H3,(H,39,40,41);1H/t27-;/m0./s1. The van der Waals surface area contributed by atoms with Gasteiger partial charge in [-0.3, -0.25) is 4.79 Å². The molecule has 47 heavy (non-hydrogen) atoms. The van der Waals surface area contributed by atoms with Gasteiger partial charge < -0.3 is 9.64 Å². The average Bonchev–Trinajstić information content (AvgIpc) is 2.99. The number of fused-ring (bicyclic) bond motifs is 4. The maximum absolute atomic E-state index is 14.4. The largest absolute Gasteiger partial charge is 0.487 e. The van der Waals surface area contributed by atoms with E-state index in [4.69, 9.17) is 4.74 Å². The van der Waals surface area contributed by atoms with E-state index >= 15 is 0 Å². The molecule has 1 saturated carbocycles. The van der Waals surface area contributed by atoms with Crippen LogP contribution in [-0.2, 0) is 23.0 Å². The number of amides is 1. The van der Waals surface area contributed by atoms with E-state index in [1.54, 1.807) is 29.4 Å². The molecule has 6 rings (SSSR count). The molecule has 2 aliphatic rings. The van der Waals surface area contributed by atoms with E-state index in [-0.39, 0.29) is 47.8 Å². The van der Waals surface area contributed by atoms with E-state index in [9.17, 15) is 13.2 Å². The van der Waals surface area contributed by atoms with Crippen molar-refractivity contribution in [2.45, 2.75) is 96.7 Å². The van der Waals surface area contributed by atoms with Crippen LogP contribution in [0.3, 0.4) is 0 Å². The summed E-state index contributed by atoms with van der Waals surface area (Å²) in [6.07, 6.45) is 8.54. The first-order valence-electron chi connectivity index (χ1n) is 16.2. The number of ether oxygens (including phenoxy) is 1. The Morgan fingerprint density at radius 2 is 1.68 bits per heavy atom. The number of rotatable bonds is 6. The van der Waals surface area contributed by atoms with Crippen LogP contribution in [-0.4, -0.2) is 51.3 Å². The van der Waals surface area contributed by atoms with Gasteiger partial charge in [0.05, 0.1) is 35.6 Å². The Morgan fingerprint density at radius 3 is 2.34 bits per heavy atom. The summed E-state index contributed by atoms with van der Waals surface area (Å²) in [4.78, 5) is 34.6. The Labute approximate surface area is 278 Å². The number of benzene rings is 2. The Kier molecular flexibility index (Phi) is 9.02. The summed E-state index contributed by atoms with van der Waals surface area (Å²) in [6.45, 7) is 10.6. The van der Waals surface area contributed by atoms with Crippen LogP contribution in [0.25, 0.3) is 11.3 Å². The first kappa shape index (κ1) is 32.6. The number of nitrogens with zero attached hydrogens (tertiary/aromatic N) is 5. The number of nitrogens with one attached hydrogen (secondary N) is 1. The second-order valence-electron chi connectivity index (χ2n) is 13.9. The third-order valence-electron chi connectivity index (χ3n) is 8.77. The average molecular weight is 657 g/mol. The van der Waals surface area contributed by atoms with Crippen molar-refractivity contribution in [3.63, 3.8) is 0 Å². The second kappa shape index (κ2) is 13.0. The lowest BCUT2D eigenvalue weighted by Crippen LogP contribution is -2.42. The maximum Gasteiger partial charge on any atom is 0.264 e. The van der Waals surface area contributed by atoms with Crippen molar-refractivity contribution in [3.05, 3.63) is 89.1 Å². The molecule has 1 N–H and O–H groups in total. The number of carbonyl (C=O) groups is 1. The van der Waals surface area contributed by atoms with Crippen LogP contribution < -0.4 is 9.46 Å². The van der Waals surface area contributed by atoms with Gasteiger partial charge in [0, 0.05) is 24.3 Å². The monoisotopic (exact) mass is 656 g/mol. The fourth-order valence-corrected chi connectivity index (χ4v) is 7.22. The Hall–Kier alpha value is -4.38. The molecule has 4 bridgehead atoms. The molecular formula is C36H44N6O4S. The normalized spacial score (nSPS) is 18.3. The van der Waals surface area contributed by atoms with E-state index in [1.165, 1.54) is 12.1 Å². The van der Waals surface area contributed by atoms with E-state index in [2.05, 4.69) is 45.4 Å². The predicted molar refractivity (Wildman–Crippen MR) is 183 cm³/mol. The van der Waals surface area contributed by atoms with Crippen molar-refractivity contribution in [2.75, 3.05) is 4.72 Å². The molecule has 1 amide bonds. The quantitative estimate of drug-likeness (QED) is 0.237. The van der Waals surface area contributed by atoms with Gasteiger partial charge in [-0.15, -0.1) is 0 Å². The summed E-state index contributed by atoms with van der Waals surface area (Å²) >= 11 is 0. The highest BCUT2D eigenvalue weighted by Crippen LogP contribution is 2.32. The Bertz CT molecular complexity index is 1870. The molecule has 10 nitrogen and oxygen atoms in total. The molecule has 248 valence electrons. The van der Waals surface area contributed by atoms with E-state index in [0.29, 0.717) is 42.2 Å². The smallest absolute Gasteiger partial charge is 0.264 e. The number of anilines is 1. The molecule has 0 saturated heterocycles. The summed E-state index contributed by atoms with van der Waals surface area (Å²) < 4.78 is 35.9. The number of hydrogen-bond acceptors (Lipinski definition) is 8. The fraction of sp³-hybridized carbons (Fsp3) is 0.417. The molecule has 3 heterocycles. The minimum atomic E-state index is -4.12. The van der Waals surface area contributed by atoms with Crippen LogP contribution in [0.5, 0.6) is 5.75 Å². The van der Waals surface area contributed by atoms with Crippen LogP contribution >= 0.6 is 0 Å². The number of carbonyl (C=O) groups excluding carboxylic acids is 1. The van der Waals surface area contributed by atoms with Crippen molar-refractivity contribution in [1.29, 1.82) is 0 Å². The molecule has 11 heteroatoms. The van der Waals surface area contributed by atoms with Crippen molar-refractivity contribution < 1.29 is 19.4 Å². The van der Waals surface area contributed by atoms with Crippen molar-refractivity contribution in [1.82, 2.24) is 24.8 Å². The van der Waals surface area contributed by atoms with Crippen LogP contribution in [0, 0.1) is 19.3 Å². The minimum absolute atomic E-state index is 0. The molecule has 4 aromatic rings. The lowest BCUT2D eigenvalue weighted by molar-refractivity contribution is 0.0588. The molecule has 0 unspecified atom stereocenters. The summed E-state index contributed by atoms with van der Waals surface area (Å²) in [6, 6.07) is 13.8. The van der Waals surface area contributed by atoms with Gasteiger partial charge in [0.25, 0.3) is 15.9 Å². The van der Waals surface area contributed by atoms with Crippen LogP contribution in [0.2, 0.25) is 0 Å². The summed E-state index contributed by atoms with van der Waals surface area (Å²) in [5, 5.41) is 0. The molecule has 1 fully saturated rings. The zero-order valence-corrected chi connectivity index (χ0v) is 28.5. The molecule has 1 atom stereocenters. The van der Waals surface area contributed by atoms with Gasteiger partial charge >= 0.3 is 0 Å². The third-order valence-corrected chi connectivity index (χ3v) is 10.1. The van der Waals surface area contributed by atoms with Gasteiger partial charge in [0.15, 0.2) is 5.75 Å². The molecule has 0 spiro atoms. The number of hydrogen-bond donors (Lipinski definition) is 1. The zero-order chi connectivity index (χ0) is 33.3. The molecule has 1 aliphatic carbocycles. The molecule has 1 aliphatic heterocycles. The predicted octanol–water partition coefficient (Wildman–Crippen LogP) is 6.92. The van der Waals surface area contributed by atoms with Crippen molar-refractivity contribution in [3.8, 4) is 17.0 Å². The van der Waals surface area contributed by atoms with Crippen LogP contribution in [0.15, 0.2) is 65.8 Å². The summed E-state index contributed by atoms with van der Waals surface area (Å²) in [5.74, 6) is 0.807. The highest BCUT2D eigenvalue weighted by molar-refractivity contribution is 7.92. The third kappa shape index (κ3) is 7.62. The van der Waals surface area contributed by atoms with Crippen molar-refractivity contribution >= 4 is 21.9 Å². The van der Waals surface area contributed by atoms with Gasteiger partial charge in [-0.05, 0) is 93.2 Å². The first-order valence-corrected chi connectivity index (χ1v) is 17.7. The van der Waals surface area contributed by atoms with E-state index < -0.39 is 10.0 Å². The topological polar surface area (TPSA) is 127 Å². The fourth-order valence-electron chi connectivity index (χ4n) is 6.23. The van der Waals surface area contributed by atoms with Crippen molar-refractivity contribution in [2.24, 2.45) is 5.41 Å². The van der Waals surface area contributed by atoms with E-state index in [0.717, 1.165) is 36.0 Å². The minimum Gasteiger partial charge on any atom is -0.487 e. The van der Waals surface area contributed by atoms with E-state index in [1.807, 2.05) is 38.1 Å². The van der Waals surface area contributed by atoms with Gasteiger partial charge in [0.1, 0.15) is 5.82 Å². The van der Waals surface area contributed by atoms with Gasteiger partial charge in [0.2, 0.25) is 5.95 Å². The molecule has 2 aromatic carbocycles. The Balaban J connectivity index is 0.00000451. The Morgan fingerprint density at radius 1 is 0.979 bits per heavy atom. The number of sulfonamides is 1. The number of aromatic nitrogens is 4. The zero-order valence-electron chi connectivity index (χ0n) is 27.7. The van der Waals surface area contributed by atoms with Gasteiger partial charge in [-0.2, -0.15) is 0 Å². The van der Waals surface area contributed by atoms with Crippen LogP contribution in [0.4, 0.5) is 5.95 Å². The SMILES string of the molecule is Cc1cccc(C)c1-c1cc2nc(n1)NS(=O)(=O)c1cccc(c1)C(=O)N(Cc1ncc(OC3CCC3)cn1)[C@H](CC(C)(C)C)CC2.[HH]. The van der Waals surface area contributed by atoms with Gasteiger partial charge in [-0.25, -0.2) is 33.1 Å². The lowest BCUT2D eigenvalue weighted by Gasteiger charge is -2.36. The number of aryl methyl sites for hydroxylation is 3. The van der Waals surface area contributed by atoms with Gasteiger partial charge in [-0.1, -0.05) is 45.0 Å². The summed E-state index contributed by atoms with van der Waals surface area (Å²) in [7, 11) is -4.12. The molecular weight excluding hydrogens is 613 g/mol. The highest BCUT2D eigenvalue weighted by atomic mass is 32.2. The molecule has 0 radical (unpaired) electrons. The second-order valence-corrected chi connectivity index (χ2v) is 15.5. The highest BCUT2D eigenvalue weighted by Gasteiger charge is 2.31. The lowest BCUT2D eigenvalue weighted by atomic mass is 9.85. The summed E-state index contributed by atoms with van der Waals surface area (Å²) in [5.41, 5.74) is 4.46.